The maximum Gasteiger partial charge on any atom is 0.243 e. The average Bonchev–Trinajstić information content (AvgIpc) is 3.35. The minimum atomic E-state index is -3.96. The maximum absolute atomic E-state index is 14.0. The molecule has 0 bridgehead atoms. The van der Waals surface area contributed by atoms with E-state index in [2.05, 4.69) is 5.32 Å². The summed E-state index contributed by atoms with van der Waals surface area (Å²) in [4.78, 5) is 16.1. The van der Waals surface area contributed by atoms with Gasteiger partial charge in [-0.15, -0.1) is 0 Å². The van der Waals surface area contributed by atoms with E-state index in [0.29, 0.717) is 18.0 Å². The third kappa shape index (κ3) is 6.29. The van der Waals surface area contributed by atoms with Crippen LogP contribution in [0.1, 0.15) is 29.4 Å². The second-order valence-electron chi connectivity index (χ2n) is 10.8. The van der Waals surface area contributed by atoms with Gasteiger partial charge in [0.1, 0.15) is 17.5 Å². The Bertz CT molecular complexity index is 1700. The van der Waals surface area contributed by atoms with Gasteiger partial charge in [-0.1, -0.05) is 37.3 Å². The number of methoxy groups -OCH3 is 2. The Balaban J connectivity index is 1.44. The van der Waals surface area contributed by atoms with Crippen molar-refractivity contribution < 1.29 is 22.7 Å². The smallest absolute Gasteiger partial charge is 0.243 e. The summed E-state index contributed by atoms with van der Waals surface area (Å²) in [6.45, 7) is 6.76. The van der Waals surface area contributed by atoms with Gasteiger partial charge in [0, 0.05) is 61.3 Å². The predicted molar refractivity (Wildman–Crippen MR) is 170 cm³/mol. The first-order chi connectivity index (χ1) is 21.2. The van der Waals surface area contributed by atoms with E-state index in [-0.39, 0.29) is 30.4 Å². The molecule has 0 radical (unpaired) electrons. The van der Waals surface area contributed by atoms with Crippen molar-refractivity contribution in [2.24, 2.45) is 0 Å². The summed E-state index contributed by atoms with van der Waals surface area (Å²) in [7, 11) is -0.811. The molecular formula is C33H39N5O5S. The first-order valence-corrected chi connectivity index (χ1v) is 16.1. The van der Waals surface area contributed by atoms with Crippen LogP contribution in [-0.4, -0.2) is 68.3 Å². The Morgan fingerprint density at radius 1 is 0.932 bits per heavy atom. The van der Waals surface area contributed by atoms with Crippen molar-refractivity contribution in [2.45, 2.75) is 44.7 Å². The molecule has 1 fully saturated rings. The van der Waals surface area contributed by atoms with Crippen LogP contribution in [0, 0.1) is 13.8 Å². The Kier molecular flexibility index (Phi) is 9.26. The van der Waals surface area contributed by atoms with E-state index in [1.54, 1.807) is 32.4 Å². The first-order valence-electron chi connectivity index (χ1n) is 14.6. The number of aromatic nitrogens is 2. The number of anilines is 1. The number of para-hydroxylation sites is 1. The fourth-order valence-electron chi connectivity index (χ4n) is 5.55. The Morgan fingerprint density at radius 2 is 1.59 bits per heavy atom. The highest BCUT2D eigenvalue weighted by Gasteiger charge is 2.40. The van der Waals surface area contributed by atoms with Crippen LogP contribution in [0.15, 0.2) is 77.7 Å². The van der Waals surface area contributed by atoms with Crippen LogP contribution in [0.3, 0.4) is 0 Å². The van der Waals surface area contributed by atoms with E-state index in [1.165, 1.54) is 4.31 Å². The Labute approximate surface area is 259 Å². The molecule has 1 atom stereocenters. The first kappa shape index (κ1) is 31.1. The van der Waals surface area contributed by atoms with Gasteiger partial charge in [0.15, 0.2) is 0 Å². The minimum absolute atomic E-state index is 0.124. The molecule has 1 aromatic heterocycles. The van der Waals surface area contributed by atoms with E-state index in [9.17, 15) is 13.2 Å². The zero-order valence-electron chi connectivity index (χ0n) is 25.8. The highest BCUT2D eigenvalue weighted by molar-refractivity contribution is 7.89. The molecule has 1 aliphatic heterocycles. The quantitative estimate of drug-likeness (QED) is 0.284. The van der Waals surface area contributed by atoms with Crippen LogP contribution in [0.25, 0.3) is 5.69 Å². The standard InChI is InChI=1S/C33H39N5O5S/c1-6-25-12-14-30(15-13-25)44(40,41)37-17-16-36(27-18-28(42-4)20-29(19-27)43-5)22-32(37)33(39)34-21-31-23(2)35-38(24(31)3)26-10-8-7-9-11-26/h7-15,18-20,32H,6,16-17,21-22H2,1-5H3,(H,34,39). The lowest BCUT2D eigenvalue weighted by atomic mass is 10.1. The third-order valence-corrected chi connectivity index (χ3v) is 10.1. The molecule has 44 heavy (non-hydrogen) atoms. The molecule has 1 saturated heterocycles. The highest BCUT2D eigenvalue weighted by atomic mass is 32.2. The van der Waals surface area contributed by atoms with E-state index >= 15 is 0 Å². The van der Waals surface area contributed by atoms with Gasteiger partial charge < -0.3 is 19.7 Å². The van der Waals surface area contributed by atoms with Crippen LogP contribution in [0.4, 0.5) is 5.69 Å². The molecule has 232 valence electrons. The molecule has 1 amide bonds. The zero-order valence-corrected chi connectivity index (χ0v) is 26.6. The van der Waals surface area contributed by atoms with Gasteiger partial charge in [-0.05, 0) is 50.1 Å². The third-order valence-electron chi connectivity index (χ3n) is 8.15. The zero-order chi connectivity index (χ0) is 31.4. The van der Waals surface area contributed by atoms with Crippen LogP contribution < -0.4 is 19.7 Å². The fourth-order valence-corrected chi connectivity index (χ4v) is 7.12. The molecule has 0 aliphatic carbocycles. The molecule has 1 N–H and O–H groups in total. The minimum Gasteiger partial charge on any atom is -0.497 e. The molecular weight excluding hydrogens is 578 g/mol. The number of carbonyl (C=O) groups excluding carboxylic acids is 1. The van der Waals surface area contributed by atoms with Crippen molar-refractivity contribution in [1.29, 1.82) is 0 Å². The fraction of sp³-hybridized carbons (Fsp3) is 0.333. The predicted octanol–water partition coefficient (Wildman–Crippen LogP) is 4.26. The van der Waals surface area contributed by atoms with E-state index in [4.69, 9.17) is 14.6 Å². The van der Waals surface area contributed by atoms with Crippen LogP contribution in [0.2, 0.25) is 0 Å². The number of hydrogen-bond acceptors (Lipinski definition) is 7. The molecule has 11 heteroatoms. The number of nitrogens with one attached hydrogen (secondary N) is 1. The second kappa shape index (κ2) is 13.1. The lowest BCUT2D eigenvalue weighted by molar-refractivity contribution is -0.125. The SMILES string of the molecule is CCc1ccc(S(=O)(=O)N2CCN(c3cc(OC)cc(OC)c3)CC2C(=O)NCc2c(C)nn(-c3ccccc3)c2C)cc1. The maximum atomic E-state index is 14.0. The number of rotatable bonds is 10. The number of benzene rings is 3. The van der Waals surface area contributed by atoms with Crippen molar-refractivity contribution in [3.05, 3.63) is 95.3 Å². The molecule has 3 aromatic carbocycles. The number of piperazine rings is 1. The molecule has 10 nitrogen and oxygen atoms in total. The number of amides is 1. The number of carbonyl (C=O) groups is 1. The summed E-state index contributed by atoms with van der Waals surface area (Å²) in [5, 5.41) is 7.72. The summed E-state index contributed by atoms with van der Waals surface area (Å²) in [6.07, 6.45) is 0.799. The number of aryl methyl sites for hydroxylation is 2. The van der Waals surface area contributed by atoms with Crippen molar-refractivity contribution in [3.63, 3.8) is 0 Å². The molecule has 1 aliphatic rings. The molecule has 0 saturated carbocycles. The van der Waals surface area contributed by atoms with Crippen molar-refractivity contribution in [1.82, 2.24) is 19.4 Å². The Hall–Kier alpha value is -4.35. The molecule has 2 heterocycles. The lowest BCUT2D eigenvalue weighted by Gasteiger charge is -2.40. The summed E-state index contributed by atoms with van der Waals surface area (Å²) in [5.41, 5.74) is 5.32. The number of ether oxygens (including phenoxy) is 2. The van der Waals surface area contributed by atoms with Crippen molar-refractivity contribution in [2.75, 3.05) is 38.8 Å². The molecule has 5 rings (SSSR count). The monoisotopic (exact) mass is 617 g/mol. The van der Waals surface area contributed by atoms with Gasteiger partial charge in [-0.25, -0.2) is 13.1 Å². The van der Waals surface area contributed by atoms with Gasteiger partial charge in [0.2, 0.25) is 15.9 Å². The normalized spacial score (nSPS) is 15.7. The van der Waals surface area contributed by atoms with Crippen LogP contribution in [0.5, 0.6) is 11.5 Å². The van der Waals surface area contributed by atoms with E-state index in [0.717, 1.165) is 40.3 Å². The molecule has 1 unspecified atom stereocenters. The average molecular weight is 618 g/mol. The summed E-state index contributed by atoms with van der Waals surface area (Å²) in [6, 6.07) is 21.2. The lowest BCUT2D eigenvalue weighted by Crippen LogP contribution is -2.60. The number of nitrogens with zero attached hydrogens (tertiary/aromatic N) is 4. The number of hydrogen-bond donors (Lipinski definition) is 1. The summed E-state index contributed by atoms with van der Waals surface area (Å²) < 4.78 is 42.0. The Morgan fingerprint density at radius 3 is 2.20 bits per heavy atom. The second-order valence-corrected chi connectivity index (χ2v) is 12.7. The van der Waals surface area contributed by atoms with E-state index in [1.807, 2.05) is 85.0 Å². The van der Waals surface area contributed by atoms with E-state index < -0.39 is 16.1 Å². The van der Waals surface area contributed by atoms with Gasteiger partial charge in [-0.3, -0.25) is 4.79 Å². The topological polar surface area (TPSA) is 106 Å². The van der Waals surface area contributed by atoms with Crippen LogP contribution >= 0.6 is 0 Å². The summed E-state index contributed by atoms with van der Waals surface area (Å²) in [5.74, 6) is 0.824. The van der Waals surface area contributed by atoms with Crippen molar-refractivity contribution >= 4 is 21.6 Å². The van der Waals surface area contributed by atoms with Gasteiger partial charge >= 0.3 is 0 Å². The van der Waals surface area contributed by atoms with Gasteiger partial charge in [0.25, 0.3) is 0 Å². The van der Waals surface area contributed by atoms with Gasteiger partial charge in [-0.2, -0.15) is 9.40 Å². The highest BCUT2D eigenvalue weighted by Crippen LogP contribution is 2.31. The van der Waals surface area contributed by atoms with Gasteiger partial charge in [0.05, 0.1) is 30.5 Å². The van der Waals surface area contributed by atoms with Crippen LogP contribution in [-0.2, 0) is 27.8 Å². The largest absolute Gasteiger partial charge is 0.497 e. The molecule has 4 aromatic rings. The van der Waals surface area contributed by atoms with Crippen molar-refractivity contribution in [3.8, 4) is 17.2 Å². The number of sulfonamides is 1. The molecule has 0 spiro atoms. The summed E-state index contributed by atoms with van der Waals surface area (Å²) >= 11 is 0.